The van der Waals surface area contributed by atoms with Gasteiger partial charge in [0.2, 0.25) is 10.0 Å². The number of nitrogens with one attached hydrogen (secondary N) is 1. The van der Waals surface area contributed by atoms with E-state index < -0.39 is 10.0 Å². The predicted octanol–water partition coefficient (Wildman–Crippen LogP) is 0.0897. The standard InChI is InChI=1S/C5H11NO2S/c7-9(8)5-3-1-2-4-6-9/h6H,1-5H2. The molecule has 3 nitrogen and oxygen atoms in total. The fourth-order valence-corrected chi connectivity index (χ4v) is 2.08. The number of rotatable bonds is 0. The van der Waals surface area contributed by atoms with Gasteiger partial charge in [-0.05, 0) is 12.8 Å². The molecule has 0 bridgehead atoms. The van der Waals surface area contributed by atoms with Crippen LogP contribution in [0.5, 0.6) is 0 Å². The largest absolute Gasteiger partial charge is 0.215 e. The molecule has 1 heterocycles. The van der Waals surface area contributed by atoms with Gasteiger partial charge in [-0.2, -0.15) is 0 Å². The van der Waals surface area contributed by atoms with E-state index in [4.69, 9.17) is 0 Å². The molecule has 0 unspecified atom stereocenters. The van der Waals surface area contributed by atoms with Crippen molar-refractivity contribution in [3.63, 3.8) is 0 Å². The van der Waals surface area contributed by atoms with E-state index >= 15 is 0 Å². The maximum atomic E-state index is 10.8. The highest BCUT2D eigenvalue weighted by atomic mass is 32.2. The van der Waals surface area contributed by atoms with Crippen LogP contribution in [0.1, 0.15) is 19.3 Å². The molecular weight excluding hydrogens is 138 g/mol. The molecule has 1 aliphatic heterocycles. The van der Waals surface area contributed by atoms with Crippen molar-refractivity contribution >= 4 is 10.0 Å². The first-order valence-corrected chi connectivity index (χ1v) is 4.83. The van der Waals surface area contributed by atoms with Gasteiger partial charge < -0.3 is 0 Å². The zero-order valence-electron chi connectivity index (χ0n) is 5.26. The summed E-state index contributed by atoms with van der Waals surface area (Å²) in [5.41, 5.74) is 0. The highest BCUT2D eigenvalue weighted by molar-refractivity contribution is 7.89. The molecule has 0 aromatic carbocycles. The van der Waals surface area contributed by atoms with Gasteiger partial charge in [0.15, 0.2) is 0 Å². The van der Waals surface area contributed by atoms with Crippen molar-refractivity contribution in [2.45, 2.75) is 19.3 Å². The molecule has 0 amide bonds. The molecule has 0 radical (unpaired) electrons. The van der Waals surface area contributed by atoms with Crippen LogP contribution in [-0.2, 0) is 10.0 Å². The lowest BCUT2D eigenvalue weighted by Gasteiger charge is -1.96. The van der Waals surface area contributed by atoms with E-state index in [9.17, 15) is 8.42 Å². The SMILES string of the molecule is O=S1(=O)CCCCCN1. The first kappa shape index (κ1) is 7.02. The highest BCUT2D eigenvalue weighted by Crippen LogP contribution is 2.02. The van der Waals surface area contributed by atoms with Crippen molar-refractivity contribution in [2.24, 2.45) is 0 Å². The summed E-state index contributed by atoms with van der Waals surface area (Å²) < 4.78 is 24.0. The molecule has 0 spiro atoms. The van der Waals surface area contributed by atoms with Gasteiger partial charge in [0, 0.05) is 6.54 Å². The van der Waals surface area contributed by atoms with Gasteiger partial charge >= 0.3 is 0 Å². The summed E-state index contributed by atoms with van der Waals surface area (Å²) in [6.07, 6.45) is 2.83. The Morgan fingerprint density at radius 3 is 2.67 bits per heavy atom. The van der Waals surface area contributed by atoms with Gasteiger partial charge in [0.05, 0.1) is 5.75 Å². The first-order valence-electron chi connectivity index (χ1n) is 3.18. The molecule has 1 N–H and O–H groups in total. The van der Waals surface area contributed by atoms with Crippen LogP contribution >= 0.6 is 0 Å². The predicted molar refractivity (Wildman–Crippen MR) is 35.6 cm³/mol. The van der Waals surface area contributed by atoms with Crippen LogP contribution < -0.4 is 4.72 Å². The second-order valence-electron chi connectivity index (χ2n) is 2.27. The molecule has 1 fully saturated rings. The summed E-state index contributed by atoms with van der Waals surface area (Å²) in [4.78, 5) is 0. The van der Waals surface area contributed by atoms with Gasteiger partial charge in [-0.25, -0.2) is 13.1 Å². The van der Waals surface area contributed by atoms with Gasteiger partial charge in [-0.15, -0.1) is 0 Å². The van der Waals surface area contributed by atoms with Gasteiger partial charge in [-0.3, -0.25) is 0 Å². The molecule has 1 rings (SSSR count). The van der Waals surface area contributed by atoms with E-state index in [0.717, 1.165) is 19.3 Å². The molecule has 4 heteroatoms. The summed E-state index contributed by atoms with van der Waals surface area (Å²) in [5, 5.41) is 0. The van der Waals surface area contributed by atoms with Crippen molar-refractivity contribution in [3.05, 3.63) is 0 Å². The minimum Gasteiger partial charge on any atom is -0.215 e. The van der Waals surface area contributed by atoms with Crippen LogP contribution in [0, 0.1) is 0 Å². The average molecular weight is 149 g/mol. The zero-order valence-corrected chi connectivity index (χ0v) is 6.08. The third-order valence-corrected chi connectivity index (χ3v) is 2.88. The molecule has 0 saturated carbocycles. The molecule has 0 aliphatic carbocycles. The molecule has 0 atom stereocenters. The second kappa shape index (κ2) is 2.66. The van der Waals surface area contributed by atoms with Crippen molar-refractivity contribution in [1.29, 1.82) is 0 Å². The Labute approximate surface area is 55.5 Å². The Morgan fingerprint density at radius 2 is 1.89 bits per heavy atom. The summed E-state index contributed by atoms with van der Waals surface area (Å²) in [7, 11) is -2.87. The van der Waals surface area contributed by atoms with E-state index in [2.05, 4.69) is 4.72 Å². The topological polar surface area (TPSA) is 46.2 Å². The van der Waals surface area contributed by atoms with Crippen LogP contribution in [0.2, 0.25) is 0 Å². The normalized spacial score (nSPS) is 27.1. The van der Waals surface area contributed by atoms with Gasteiger partial charge in [0.25, 0.3) is 0 Å². The lowest BCUT2D eigenvalue weighted by molar-refractivity contribution is 0.585. The number of hydrogen-bond donors (Lipinski definition) is 1. The van der Waals surface area contributed by atoms with Gasteiger partial charge in [-0.1, -0.05) is 6.42 Å². The Kier molecular flexibility index (Phi) is 2.08. The van der Waals surface area contributed by atoms with E-state index in [1.165, 1.54) is 0 Å². The maximum absolute atomic E-state index is 10.8. The smallest absolute Gasteiger partial charge is 0.211 e. The number of hydrogen-bond acceptors (Lipinski definition) is 2. The minimum absolute atomic E-state index is 0.312. The summed E-state index contributed by atoms with van der Waals surface area (Å²) in [5.74, 6) is 0.312. The fraction of sp³-hybridized carbons (Fsp3) is 1.00. The Morgan fingerprint density at radius 1 is 1.11 bits per heavy atom. The summed E-state index contributed by atoms with van der Waals surface area (Å²) in [6, 6.07) is 0. The van der Waals surface area contributed by atoms with Crippen LogP contribution in [0.25, 0.3) is 0 Å². The zero-order chi connectivity index (χ0) is 6.74. The van der Waals surface area contributed by atoms with Crippen LogP contribution in [0.15, 0.2) is 0 Å². The van der Waals surface area contributed by atoms with Crippen molar-refractivity contribution < 1.29 is 8.42 Å². The lowest BCUT2D eigenvalue weighted by Crippen LogP contribution is -2.24. The van der Waals surface area contributed by atoms with Crippen LogP contribution in [0.4, 0.5) is 0 Å². The van der Waals surface area contributed by atoms with Crippen LogP contribution in [0.3, 0.4) is 0 Å². The Bertz CT molecular complexity index is 159. The lowest BCUT2D eigenvalue weighted by atomic mass is 10.3. The molecule has 9 heavy (non-hydrogen) atoms. The van der Waals surface area contributed by atoms with Gasteiger partial charge in [0.1, 0.15) is 0 Å². The third-order valence-electron chi connectivity index (χ3n) is 1.41. The quantitative estimate of drug-likeness (QED) is 0.530. The van der Waals surface area contributed by atoms with E-state index in [-0.39, 0.29) is 0 Å². The van der Waals surface area contributed by atoms with E-state index in [0.29, 0.717) is 12.3 Å². The molecular formula is C5H11NO2S. The molecule has 54 valence electrons. The van der Waals surface area contributed by atoms with Crippen molar-refractivity contribution in [3.8, 4) is 0 Å². The molecule has 1 aliphatic rings. The van der Waals surface area contributed by atoms with Crippen LogP contribution in [-0.4, -0.2) is 20.7 Å². The fourth-order valence-electron chi connectivity index (χ4n) is 0.894. The summed E-state index contributed by atoms with van der Waals surface area (Å²) in [6.45, 7) is 0.627. The Hall–Kier alpha value is -0.0900. The third kappa shape index (κ3) is 2.32. The summed E-state index contributed by atoms with van der Waals surface area (Å²) >= 11 is 0. The van der Waals surface area contributed by atoms with Crippen molar-refractivity contribution in [2.75, 3.05) is 12.3 Å². The first-order chi connectivity index (χ1) is 4.21. The number of sulfonamides is 1. The average Bonchev–Trinajstić information content (AvgIpc) is 1.92. The van der Waals surface area contributed by atoms with E-state index in [1.54, 1.807) is 0 Å². The monoisotopic (exact) mass is 149 g/mol. The second-order valence-corrected chi connectivity index (χ2v) is 4.20. The van der Waals surface area contributed by atoms with Crippen molar-refractivity contribution in [1.82, 2.24) is 4.72 Å². The molecule has 1 saturated heterocycles. The van der Waals surface area contributed by atoms with E-state index in [1.807, 2.05) is 0 Å². The molecule has 0 aromatic heterocycles. The molecule has 0 aromatic rings. The maximum Gasteiger partial charge on any atom is 0.211 e. The minimum atomic E-state index is -2.87. The Balaban J connectivity index is 2.56. The highest BCUT2D eigenvalue weighted by Gasteiger charge is 2.11.